The van der Waals surface area contributed by atoms with E-state index in [0.29, 0.717) is 24.5 Å². The zero-order valence-corrected chi connectivity index (χ0v) is 13.7. The van der Waals surface area contributed by atoms with E-state index in [1.165, 1.54) is 0 Å². The Morgan fingerprint density at radius 3 is 2.82 bits per heavy atom. The van der Waals surface area contributed by atoms with Crippen molar-refractivity contribution in [2.75, 3.05) is 18.4 Å². The molecule has 1 atom stereocenters. The number of rotatable bonds is 0. The summed E-state index contributed by atoms with van der Waals surface area (Å²) in [6, 6.07) is 5.40. The molecule has 1 fully saturated rings. The first-order valence-corrected chi connectivity index (χ1v) is 7.68. The zero-order valence-electron chi connectivity index (χ0n) is 12.9. The summed E-state index contributed by atoms with van der Waals surface area (Å²) in [5.74, 6) is -0.0733. The number of anilines is 1. The second-order valence-corrected chi connectivity index (χ2v) is 7.31. The van der Waals surface area contributed by atoms with Crippen LogP contribution in [0, 0.1) is 0 Å². The van der Waals surface area contributed by atoms with Crippen LogP contribution in [0.3, 0.4) is 0 Å². The van der Waals surface area contributed by atoms with Gasteiger partial charge in [-0.15, -0.1) is 0 Å². The maximum atomic E-state index is 12.5. The Kier molecular flexibility index (Phi) is 3.36. The van der Waals surface area contributed by atoms with Crippen LogP contribution in [0.15, 0.2) is 18.2 Å². The molecule has 22 heavy (non-hydrogen) atoms. The SMILES string of the molecule is CC(C)(C)OC(=O)N1CC[C@]2(C1)C(=O)Nc1cc(Cl)ccc12. The second-order valence-electron chi connectivity index (χ2n) is 6.88. The van der Waals surface area contributed by atoms with Crippen molar-refractivity contribution < 1.29 is 14.3 Å². The monoisotopic (exact) mass is 322 g/mol. The normalized spacial score (nSPS) is 23.6. The summed E-state index contributed by atoms with van der Waals surface area (Å²) < 4.78 is 5.40. The highest BCUT2D eigenvalue weighted by molar-refractivity contribution is 6.31. The third-order valence-electron chi connectivity index (χ3n) is 4.10. The molecular formula is C16H19ClN2O3. The summed E-state index contributed by atoms with van der Waals surface area (Å²) in [5.41, 5.74) is 0.420. The van der Waals surface area contributed by atoms with Gasteiger partial charge in [-0.3, -0.25) is 4.79 Å². The third kappa shape index (κ3) is 2.43. The highest BCUT2D eigenvalue weighted by atomic mass is 35.5. The van der Waals surface area contributed by atoms with E-state index >= 15 is 0 Å². The van der Waals surface area contributed by atoms with Crippen molar-refractivity contribution in [3.8, 4) is 0 Å². The molecule has 0 aromatic heterocycles. The van der Waals surface area contributed by atoms with E-state index in [0.717, 1.165) is 11.3 Å². The number of nitrogens with one attached hydrogen (secondary N) is 1. The number of carbonyl (C=O) groups excluding carboxylic acids is 2. The fraction of sp³-hybridized carbons (Fsp3) is 0.500. The van der Waals surface area contributed by atoms with Crippen LogP contribution in [0.5, 0.6) is 0 Å². The molecule has 0 radical (unpaired) electrons. The lowest BCUT2D eigenvalue weighted by atomic mass is 9.81. The number of fused-ring (bicyclic) bond motifs is 2. The number of hydrogen-bond donors (Lipinski definition) is 1. The molecule has 2 heterocycles. The quantitative estimate of drug-likeness (QED) is 0.798. The van der Waals surface area contributed by atoms with Crippen molar-refractivity contribution in [3.63, 3.8) is 0 Å². The van der Waals surface area contributed by atoms with Gasteiger partial charge >= 0.3 is 6.09 Å². The molecule has 6 heteroatoms. The Bertz CT molecular complexity index is 653. The van der Waals surface area contributed by atoms with E-state index in [4.69, 9.17) is 16.3 Å². The molecule has 1 spiro atoms. The minimum absolute atomic E-state index is 0.0733. The van der Waals surface area contributed by atoms with Crippen molar-refractivity contribution in [1.29, 1.82) is 0 Å². The van der Waals surface area contributed by atoms with E-state index in [2.05, 4.69) is 5.32 Å². The van der Waals surface area contributed by atoms with Crippen molar-refractivity contribution in [3.05, 3.63) is 28.8 Å². The smallest absolute Gasteiger partial charge is 0.410 e. The van der Waals surface area contributed by atoms with Crippen molar-refractivity contribution >= 4 is 29.3 Å². The summed E-state index contributed by atoms with van der Waals surface area (Å²) in [7, 11) is 0. The molecule has 0 unspecified atom stereocenters. The van der Waals surface area contributed by atoms with Gasteiger partial charge in [0.05, 0.1) is 5.41 Å². The van der Waals surface area contributed by atoms with Crippen LogP contribution in [-0.2, 0) is 14.9 Å². The van der Waals surface area contributed by atoms with E-state index in [1.807, 2.05) is 26.8 Å². The molecule has 1 N–H and O–H groups in total. The average Bonchev–Trinajstić information content (AvgIpc) is 2.92. The number of carbonyl (C=O) groups is 2. The average molecular weight is 323 g/mol. The molecule has 0 bridgehead atoms. The topological polar surface area (TPSA) is 58.6 Å². The Morgan fingerprint density at radius 1 is 1.41 bits per heavy atom. The van der Waals surface area contributed by atoms with Gasteiger partial charge in [0.25, 0.3) is 0 Å². The fourth-order valence-corrected chi connectivity index (χ4v) is 3.27. The maximum Gasteiger partial charge on any atom is 0.410 e. The first-order chi connectivity index (χ1) is 10.2. The zero-order chi connectivity index (χ0) is 16.1. The van der Waals surface area contributed by atoms with E-state index < -0.39 is 11.0 Å². The molecule has 3 rings (SSSR count). The van der Waals surface area contributed by atoms with Crippen molar-refractivity contribution in [2.45, 2.75) is 38.2 Å². The summed E-state index contributed by atoms with van der Waals surface area (Å²) in [5, 5.41) is 3.46. The standard InChI is InChI=1S/C16H19ClN2O3/c1-15(2,3)22-14(21)19-7-6-16(9-19)11-5-4-10(17)8-12(11)18-13(16)20/h4-5,8H,6-7,9H2,1-3H3,(H,18,20)/t16-/m1/s1. The molecule has 118 valence electrons. The number of nitrogens with zero attached hydrogens (tertiary/aromatic N) is 1. The Labute approximate surface area is 134 Å². The molecule has 2 amide bonds. The number of amides is 2. The van der Waals surface area contributed by atoms with Crippen molar-refractivity contribution in [1.82, 2.24) is 4.90 Å². The fourth-order valence-electron chi connectivity index (χ4n) is 3.10. The predicted molar refractivity (Wildman–Crippen MR) is 84.2 cm³/mol. The van der Waals surface area contributed by atoms with Crippen LogP contribution in [0.2, 0.25) is 5.02 Å². The lowest BCUT2D eigenvalue weighted by Gasteiger charge is -2.26. The lowest BCUT2D eigenvalue weighted by Crippen LogP contribution is -2.41. The van der Waals surface area contributed by atoms with Gasteiger partial charge in [-0.2, -0.15) is 0 Å². The number of benzene rings is 1. The van der Waals surface area contributed by atoms with Crippen LogP contribution in [0.1, 0.15) is 32.8 Å². The third-order valence-corrected chi connectivity index (χ3v) is 4.34. The van der Waals surface area contributed by atoms with Gasteiger partial charge in [0.2, 0.25) is 5.91 Å². The van der Waals surface area contributed by atoms with Gasteiger partial charge in [0.15, 0.2) is 0 Å². The molecule has 1 aromatic rings. The summed E-state index contributed by atoms with van der Waals surface area (Å²) in [6.07, 6.45) is 0.215. The predicted octanol–water partition coefficient (Wildman–Crippen LogP) is 3.17. The van der Waals surface area contributed by atoms with Crippen LogP contribution < -0.4 is 5.32 Å². The van der Waals surface area contributed by atoms with E-state index in [9.17, 15) is 9.59 Å². The first-order valence-electron chi connectivity index (χ1n) is 7.31. The molecule has 0 saturated carbocycles. The molecule has 2 aliphatic rings. The van der Waals surface area contributed by atoms with Gasteiger partial charge < -0.3 is 15.0 Å². The van der Waals surface area contributed by atoms with Gasteiger partial charge in [0, 0.05) is 23.8 Å². The highest BCUT2D eigenvalue weighted by Crippen LogP contribution is 2.45. The Hall–Kier alpha value is -1.75. The van der Waals surface area contributed by atoms with Crippen molar-refractivity contribution in [2.24, 2.45) is 0 Å². The number of ether oxygens (including phenoxy) is 1. The number of halogens is 1. The van der Waals surface area contributed by atoms with Crippen LogP contribution in [0.4, 0.5) is 10.5 Å². The Morgan fingerprint density at radius 2 is 2.14 bits per heavy atom. The van der Waals surface area contributed by atoms with E-state index in [-0.39, 0.29) is 12.0 Å². The van der Waals surface area contributed by atoms with Crippen LogP contribution in [0.25, 0.3) is 0 Å². The minimum atomic E-state index is -0.684. The molecule has 0 aliphatic carbocycles. The molecule has 1 aromatic carbocycles. The number of hydrogen-bond acceptors (Lipinski definition) is 3. The van der Waals surface area contributed by atoms with E-state index in [1.54, 1.807) is 17.0 Å². The van der Waals surface area contributed by atoms with Crippen LogP contribution >= 0.6 is 11.6 Å². The maximum absolute atomic E-state index is 12.5. The summed E-state index contributed by atoms with van der Waals surface area (Å²) >= 11 is 5.98. The Balaban J connectivity index is 1.85. The largest absolute Gasteiger partial charge is 0.444 e. The second kappa shape index (κ2) is 4.88. The molecule has 1 saturated heterocycles. The highest BCUT2D eigenvalue weighted by Gasteiger charge is 2.52. The number of likely N-dealkylation sites (tertiary alicyclic amines) is 1. The van der Waals surface area contributed by atoms with Gasteiger partial charge in [-0.05, 0) is 44.9 Å². The molecular weight excluding hydrogens is 304 g/mol. The lowest BCUT2D eigenvalue weighted by molar-refractivity contribution is -0.120. The summed E-state index contributed by atoms with van der Waals surface area (Å²) in [6.45, 7) is 6.33. The minimum Gasteiger partial charge on any atom is -0.444 e. The van der Waals surface area contributed by atoms with Gasteiger partial charge in [-0.1, -0.05) is 17.7 Å². The molecule has 5 nitrogen and oxygen atoms in total. The van der Waals surface area contributed by atoms with Gasteiger partial charge in [-0.25, -0.2) is 4.79 Å². The van der Waals surface area contributed by atoms with Crippen LogP contribution in [-0.4, -0.2) is 35.6 Å². The van der Waals surface area contributed by atoms with Gasteiger partial charge in [0.1, 0.15) is 5.60 Å². The summed E-state index contributed by atoms with van der Waals surface area (Å²) in [4.78, 5) is 26.3. The first kappa shape index (κ1) is 15.2. The molecule has 2 aliphatic heterocycles.